The Kier molecular flexibility index (Phi) is 3.23. The summed E-state index contributed by atoms with van der Waals surface area (Å²) in [6.45, 7) is -0.525. The van der Waals surface area contributed by atoms with Gasteiger partial charge in [-0.25, -0.2) is 0 Å². The van der Waals surface area contributed by atoms with Crippen molar-refractivity contribution in [1.82, 2.24) is 0 Å². The van der Waals surface area contributed by atoms with Crippen LogP contribution < -0.4 is 5.73 Å². The molecular weight excluding hydrogens is 178 g/mol. The first kappa shape index (κ1) is 10.8. The van der Waals surface area contributed by atoms with Crippen LogP contribution in [-0.2, 0) is 9.47 Å². The Morgan fingerprint density at radius 1 is 1.62 bits per heavy atom. The number of rotatable bonds is 3. The molecule has 0 aromatic carbocycles. The maximum Gasteiger partial charge on any atom is 0.207 e. The van der Waals surface area contributed by atoms with Crippen molar-refractivity contribution >= 4 is 0 Å². The number of nitrogens with two attached hydrogens (primary N) is 1. The molecule has 4 unspecified atom stereocenters. The van der Waals surface area contributed by atoms with E-state index in [2.05, 4.69) is 0 Å². The lowest BCUT2D eigenvalue weighted by atomic mass is 10.0. The molecule has 78 valence electrons. The quantitative estimate of drug-likeness (QED) is 0.392. The largest absolute Gasteiger partial charge is 0.391 e. The SMILES string of the molecule is COCC1OC(O)(CO)C(N)C1O. The van der Waals surface area contributed by atoms with Gasteiger partial charge in [0.05, 0.1) is 19.3 Å². The average Bonchev–Trinajstić information content (AvgIpc) is 2.33. The first-order valence-electron chi connectivity index (χ1n) is 3.99. The molecule has 1 aliphatic heterocycles. The highest BCUT2D eigenvalue weighted by Crippen LogP contribution is 2.27. The van der Waals surface area contributed by atoms with Gasteiger partial charge < -0.3 is 30.5 Å². The summed E-state index contributed by atoms with van der Waals surface area (Å²) in [6, 6.07) is -1.02. The normalized spacial score (nSPS) is 45.5. The fourth-order valence-electron chi connectivity index (χ4n) is 1.35. The predicted octanol–water partition coefficient (Wildman–Crippen LogP) is -2.60. The molecule has 6 heteroatoms. The number of aliphatic hydroxyl groups is 3. The summed E-state index contributed by atoms with van der Waals surface area (Å²) in [6.07, 6.45) is -1.73. The lowest BCUT2D eigenvalue weighted by molar-refractivity contribution is -0.223. The van der Waals surface area contributed by atoms with Gasteiger partial charge in [0.25, 0.3) is 0 Å². The average molecular weight is 193 g/mol. The van der Waals surface area contributed by atoms with E-state index in [9.17, 15) is 10.2 Å². The van der Waals surface area contributed by atoms with Gasteiger partial charge in [-0.15, -0.1) is 0 Å². The van der Waals surface area contributed by atoms with Crippen molar-refractivity contribution in [2.75, 3.05) is 20.3 Å². The zero-order chi connectivity index (χ0) is 10.1. The highest BCUT2D eigenvalue weighted by molar-refractivity contribution is 4.97. The van der Waals surface area contributed by atoms with Crippen LogP contribution in [0.2, 0.25) is 0 Å². The van der Waals surface area contributed by atoms with Crippen LogP contribution in [0.25, 0.3) is 0 Å². The summed E-state index contributed by atoms with van der Waals surface area (Å²) < 4.78 is 9.72. The Morgan fingerprint density at radius 3 is 2.62 bits per heavy atom. The van der Waals surface area contributed by atoms with E-state index in [-0.39, 0.29) is 6.61 Å². The van der Waals surface area contributed by atoms with Crippen LogP contribution in [0.5, 0.6) is 0 Å². The molecule has 0 aromatic rings. The zero-order valence-corrected chi connectivity index (χ0v) is 7.38. The number of hydrogen-bond acceptors (Lipinski definition) is 6. The van der Waals surface area contributed by atoms with Crippen molar-refractivity contribution in [3.05, 3.63) is 0 Å². The Morgan fingerprint density at radius 2 is 2.23 bits per heavy atom. The fraction of sp³-hybridized carbons (Fsp3) is 1.00. The maximum atomic E-state index is 9.52. The highest BCUT2D eigenvalue weighted by Gasteiger charge is 2.51. The molecule has 0 aliphatic carbocycles. The Balaban J connectivity index is 2.66. The smallest absolute Gasteiger partial charge is 0.207 e. The summed E-state index contributed by atoms with van der Waals surface area (Å²) in [5.74, 6) is -1.86. The molecule has 0 spiro atoms. The van der Waals surface area contributed by atoms with Gasteiger partial charge in [0.1, 0.15) is 12.2 Å². The second kappa shape index (κ2) is 3.87. The van der Waals surface area contributed by atoms with Crippen LogP contribution >= 0.6 is 0 Å². The Labute approximate surface area is 75.9 Å². The van der Waals surface area contributed by atoms with Crippen LogP contribution in [0, 0.1) is 0 Å². The second-order valence-corrected chi connectivity index (χ2v) is 3.13. The summed E-state index contributed by atoms with van der Waals surface area (Å²) in [7, 11) is 1.44. The molecule has 1 rings (SSSR count). The third-order valence-electron chi connectivity index (χ3n) is 2.18. The lowest BCUT2D eigenvalue weighted by Crippen LogP contribution is -2.51. The number of ether oxygens (including phenoxy) is 2. The summed E-state index contributed by atoms with van der Waals surface area (Å²) in [5.41, 5.74) is 5.45. The van der Waals surface area contributed by atoms with Gasteiger partial charge in [0, 0.05) is 7.11 Å². The molecule has 1 aliphatic rings. The minimum Gasteiger partial charge on any atom is -0.391 e. The molecular formula is C7H15NO5. The van der Waals surface area contributed by atoms with E-state index in [0.29, 0.717) is 0 Å². The molecule has 6 nitrogen and oxygen atoms in total. The summed E-state index contributed by atoms with van der Waals surface area (Å²) >= 11 is 0. The molecule has 1 fully saturated rings. The van der Waals surface area contributed by atoms with Gasteiger partial charge in [-0.2, -0.15) is 0 Å². The van der Waals surface area contributed by atoms with Crippen LogP contribution in [0.1, 0.15) is 0 Å². The van der Waals surface area contributed by atoms with Crippen LogP contribution in [0.3, 0.4) is 0 Å². The first-order valence-corrected chi connectivity index (χ1v) is 3.99. The summed E-state index contributed by atoms with van der Waals surface area (Å²) in [5, 5.41) is 27.8. The number of hydrogen-bond donors (Lipinski definition) is 4. The third-order valence-corrected chi connectivity index (χ3v) is 2.18. The molecule has 1 heterocycles. The third kappa shape index (κ3) is 1.83. The molecule has 0 radical (unpaired) electrons. The first-order chi connectivity index (χ1) is 6.05. The molecule has 1 saturated heterocycles. The lowest BCUT2D eigenvalue weighted by Gasteiger charge is -2.23. The minimum absolute atomic E-state index is 0.122. The van der Waals surface area contributed by atoms with E-state index in [1.54, 1.807) is 0 Å². The van der Waals surface area contributed by atoms with E-state index in [0.717, 1.165) is 0 Å². The second-order valence-electron chi connectivity index (χ2n) is 3.13. The van der Waals surface area contributed by atoms with Gasteiger partial charge in [0.2, 0.25) is 5.79 Å². The van der Waals surface area contributed by atoms with Crippen molar-refractivity contribution in [2.45, 2.75) is 24.0 Å². The molecule has 0 aromatic heterocycles. The molecule has 4 atom stereocenters. The minimum atomic E-state index is -1.86. The molecule has 5 N–H and O–H groups in total. The highest BCUT2D eigenvalue weighted by atomic mass is 16.7. The molecule has 0 saturated carbocycles. The number of methoxy groups -OCH3 is 1. The van der Waals surface area contributed by atoms with E-state index in [1.165, 1.54) is 7.11 Å². The van der Waals surface area contributed by atoms with E-state index in [1.807, 2.05) is 0 Å². The molecule has 0 amide bonds. The van der Waals surface area contributed by atoms with Crippen molar-refractivity contribution in [3.8, 4) is 0 Å². The molecule has 13 heavy (non-hydrogen) atoms. The topological polar surface area (TPSA) is 105 Å². The van der Waals surface area contributed by atoms with Crippen molar-refractivity contribution in [3.63, 3.8) is 0 Å². The molecule has 0 bridgehead atoms. The van der Waals surface area contributed by atoms with Gasteiger partial charge in [-0.3, -0.25) is 0 Å². The van der Waals surface area contributed by atoms with Crippen molar-refractivity contribution in [1.29, 1.82) is 0 Å². The van der Waals surface area contributed by atoms with E-state index in [4.69, 9.17) is 20.3 Å². The van der Waals surface area contributed by atoms with Crippen LogP contribution in [-0.4, -0.2) is 59.7 Å². The predicted molar refractivity (Wildman–Crippen MR) is 42.8 cm³/mol. The summed E-state index contributed by atoms with van der Waals surface area (Å²) in [4.78, 5) is 0. The van der Waals surface area contributed by atoms with Crippen molar-refractivity contribution < 1.29 is 24.8 Å². The number of aliphatic hydroxyl groups excluding tert-OH is 2. The Hall–Kier alpha value is -0.240. The van der Waals surface area contributed by atoms with E-state index < -0.39 is 30.6 Å². The van der Waals surface area contributed by atoms with Gasteiger partial charge in [-0.05, 0) is 0 Å². The monoisotopic (exact) mass is 193 g/mol. The van der Waals surface area contributed by atoms with Crippen molar-refractivity contribution in [2.24, 2.45) is 5.73 Å². The fourth-order valence-corrected chi connectivity index (χ4v) is 1.35. The standard InChI is InChI=1S/C7H15NO5/c1-12-2-4-5(10)6(8)7(11,3-9)13-4/h4-6,9-11H,2-3,8H2,1H3. The van der Waals surface area contributed by atoms with Gasteiger partial charge in [-0.1, -0.05) is 0 Å². The van der Waals surface area contributed by atoms with Crippen LogP contribution in [0.15, 0.2) is 0 Å². The van der Waals surface area contributed by atoms with E-state index >= 15 is 0 Å². The maximum absolute atomic E-state index is 9.52. The zero-order valence-electron chi connectivity index (χ0n) is 7.38. The van der Waals surface area contributed by atoms with Gasteiger partial charge in [0.15, 0.2) is 0 Å². The Bertz CT molecular complexity index is 178. The van der Waals surface area contributed by atoms with Crippen LogP contribution in [0.4, 0.5) is 0 Å². The van der Waals surface area contributed by atoms with Gasteiger partial charge >= 0.3 is 0 Å².